The van der Waals surface area contributed by atoms with Gasteiger partial charge in [-0.2, -0.15) is 0 Å². The molecule has 0 aliphatic heterocycles. The van der Waals surface area contributed by atoms with E-state index in [1.165, 1.54) is 11.3 Å². The monoisotopic (exact) mass is 546 g/mol. The van der Waals surface area contributed by atoms with E-state index in [2.05, 4.69) is 0 Å². The molecule has 0 spiro atoms. The number of esters is 1. The second kappa shape index (κ2) is 13.5. The maximum atomic E-state index is 12.3. The van der Waals surface area contributed by atoms with Gasteiger partial charge in [-0.3, -0.25) is 0 Å². The summed E-state index contributed by atoms with van der Waals surface area (Å²) in [5.74, 6) is 0.0499. The molecule has 188 valence electrons. The number of alkyl halides is 1. The Morgan fingerprint density at radius 2 is 1.88 bits per heavy atom. The van der Waals surface area contributed by atoms with Gasteiger partial charge >= 0.3 is 5.97 Å². The Morgan fingerprint density at radius 3 is 2.56 bits per heavy atom. The number of aryl methyl sites for hydroxylation is 2. The topological polar surface area (TPSA) is 66.8 Å². The van der Waals surface area contributed by atoms with Crippen LogP contribution in [0.5, 0.6) is 0 Å². The minimum Gasteiger partial charge on any atom is -0.461 e. The second-order valence-corrected chi connectivity index (χ2v) is 11.8. The lowest BCUT2D eigenvalue weighted by Crippen LogP contribution is -2.21. The molecule has 0 bridgehead atoms. The number of benzene rings is 1. The largest absolute Gasteiger partial charge is 0.461 e. The molecule has 1 aromatic carbocycles. The Bertz CT molecular complexity index is 910. The molecular formula is C26H33Cl3O4S. The van der Waals surface area contributed by atoms with Gasteiger partial charge in [-0.15, -0.1) is 22.9 Å². The Labute approximate surface area is 221 Å². The fourth-order valence-corrected chi connectivity index (χ4v) is 6.73. The van der Waals surface area contributed by atoms with Crippen LogP contribution >= 0.6 is 46.1 Å². The van der Waals surface area contributed by atoms with Crippen molar-refractivity contribution in [3.05, 3.63) is 55.7 Å². The number of hydrogen-bond donors (Lipinski definition) is 2. The van der Waals surface area contributed by atoms with Crippen molar-refractivity contribution in [3.8, 4) is 0 Å². The van der Waals surface area contributed by atoms with Crippen molar-refractivity contribution in [1.82, 2.24) is 0 Å². The van der Waals surface area contributed by atoms with Crippen LogP contribution in [-0.4, -0.2) is 40.9 Å². The van der Waals surface area contributed by atoms with Gasteiger partial charge in [-0.1, -0.05) is 30.1 Å². The molecule has 4 nitrogen and oxygen atoms in total. The van der Waals surface area contributed by atoms with Crippen molar-refractivity contribution in [2.75, 3.05) is 13.2 Å². The maximum Gasteiger partial charge on any atom is 0.348 e. The molecule has 1 aromatic heterocycles. The number of hydrogen-bond acceptors (Lipinski definition) is 5. The van der Waals surface area contributed by atoms with Crippen molar-refractivity contribution in [2.24, 2.45) is 17.8 Å². The van der Waals surface area contributed by atoms with Crippen LogP contribution in [0.15, 0.2) is 30.3 Å². The van der Waals surface area contributed by atoms with Crippen LogP contribution in [0.2, 0.25) is 10.0 Å². The third-order valence-electron chi connectivity index (χ3n) is 6.77. The standard InChI is InChI=1S/C26H33Cl3O4S/c1-2-16(14-30)15-33-26(32)25-9-7-20(34-25)4-3-5-21-22(24(31)13-23(21)29)8-6-17-10-18(27)12-19(28)11-17/h7,9-12,16,21-24,30-31H,2-6,8,13-15H2,1H3/t16?,21-,22-,23-,24-/m1/s1. The maximum absolute atomic E-state index is 12.3. The number of rotatable bonds is 12. The lowest BCUT2D eigenvalue weighted by molar-refractivity contribution is 0.0389. The highest BCUT2D eigenvalue weighted by molar-refractivity contribution is 7.13. The molecule has 1 heterocycles. The van der Waals surface area contributed by atoms with E-state index >= 15 is 0 Å². The van der Waals surface area contributed by atoms with Crippen molar-refractivity contribution in [3.63, 3.8) is 0 Å². The van der Waals surface area contributed by atoms with E-state index < -0.39 is 6.10 Å². The van der Waals surface area contributed by atoms with E-state index in [0.29, 0.717) is 21.3 Å². The van der Waals surface area contributed by atoms with Crippen LogP contribution in [0.25, 0.3) is 0 Å². The molecule has 2 N–H and O–H groups in total. The molecule has 1 aliphatic carbocycles. The number of ether oxygens (including phenoxy) is 1. The molecule has 0 amide bonds. The first-order chi connectivity index (χ1) is 16.3. The summed E-state index contributed by atoms with van der Waals surface area (Å²) in [6.07, 6.45) is 5.37. The summed E-state index contributed by atoms with van der Waals surface area (Å²) in [7, 11) is 0. The van der Waals surface area contributed by atoms with Gasteiger partial charge in [0.05, 0.1) is 12.7 Å². The second-order valence-electron chi connectivity index (χ2n) is 9.18. The first-order valence-electron chi connectivity index (χ1n) is 11.9. The average molecular weight is 548 g/mol. The van der Waals surface area contributed by atoms with Crippen LogP contribution in [0, 0.1) is 17.8 Å². The molecule has 1 saturated carbocycles. The van der Waals surface area contributed by atoms with E-state index in [0.717, 1.165) is 49.0 Å². The summed E-state index contributed by atoms with van der Waals surface area (Å²) in [6, 6.07) is 9.36. The SMILES string of the molecule is CCC(CO)COC(=O)c1ccc(CCC[C@@H]2[C@@H](CCc3cc(Cl)cc(Cl)c3)[C@H](O)C[C@H]2Cl)s1. The van der Waals surface area contributed by atoms with E-state index in [1.54, 1.807) is 6.07 Å². The van der Waals surface area contributed by atoms with Crippen molar-refractivity contribution >= 4 is 52.1 Å². The van der Waals surface area contributed by atoms with Gasteiger partial charge < -0.3 is 14.9 Å². The minimum atomic E-state index is -0.392. The third kappa shape index (κ3) is 7.84. The molecule has 34 heavy (non-hydrogen) atoms. The Morgan fingerprint density at radius 1 is 1.15 bits per heavy atom. The first kappa shape index (κ1) is 27.8. The van der Waals surface area contributed by atoms with E-state index in [1.807, 2.05) is 31.2 Å². The molecule has 3 rings (SSSR count). The number of carbonyl (C=O) groups is 1. The quantitative estimate of drug-likeness (QED) is 0.227. The third-order valence-corrected chi connectivity index (χ3v) is 8.84. The lowest BCUT2D eigenvalue weighted by Gasteiger charge is -2.23. The Balaban J connectivity index is 1.49. The average Bonchev–Trinajstić information content (AvgIpc) is 3.36. The van der Waals surface area contributed by atoms with Gasteiger partial charge in [0.25, 0.3) is 0 Å². The highest BCUT2D eigenvalue weighted by Gasteiger charge is 2.40. The summed E-state index contributed by atoms with van der Waals surface area (Å²) in [6.45, 7) is 2.22. The fourth-order valence-electron chi connectivity index (χ4n) is 4.72. The number of aliphatic hydroxyl groups excluding tert-OH is 2. The molecule has 2 aromatic rings. The van der Waals surface area contributed by atoms with Crippen molar-refractivity contribution in [2.45, 2.75) is 63.4 Å². The smallest absolute Gasteiger partial charge is 0.348 e. The molecule has 0 saturated heterocycles. The lowest BCUT2D eigenvalue weighted by atomic mass is 9.85. The fraction of sp³-hybridized carbons (Fsp3) is 0.577. The van der Waals surface area contributed by atoms with E-state index in [4.69, 9.17) is 39.5 Å². The molecule has 5 atom stereocenters. The zero-order valence-electron chi connectivity index (χ0n) is 19.4. The van der Waals surface area contributed by atoms with Crippen LogP contribution < -0.4 is 0 Å². The predicted molar refractivity (Wildman–Crippen MR) is 140 cm³/mol. The van der Waals surface area contributed by atoms with Crippen molar-refractivity contribution in [1.29, 1.82) is 0 Å². The van der Waals surface area contributed by atoms with Crippen LogP contribution in [0.3, 0.4) is 0 Å². The number of carbonyl (C=O) groups excluding carboxylic acids is 1. The summed E-state index contributed by atoms with van der Waals surface area (Å²) >= 11 is 20.3. The first-order valence-corrected chi connectivity index (χ1v) is 13.9. The molecule has 8 heteroatoms. The normalized spacial score (nSPS) is 23.2. The Hall–Kier alpha value is -0.820. The number of halogens is 3. The summed E-state index contributed by atoms with van der Waals surface area (Å²) < 4.78 is 5.34. The number of thiophene rings is 1. The molecule has 0 radical (unpaired) electrons. The number of aliphatic hydroxyl groups is 2. The highest BCUT2D eigenvalue weighted by atomic mass is 35.5. The van der Waals surface area contributed by atoms with Crippen LogP contribution in [0.1, 0.15) is 59.1 Å². The van der Waals surface area contributed by atoms with E-state index in [9.17, 15) is 15.0 Å². The van der Waals surface area contributed by atoms with Gasteiger partial charge in [0, 0.05) is 32.8 Å². The summed E-state index contributed by atoms with van der Waals surface area (Å²) in [5, 5.41) is 21.1. The molecule has 1 unspecified atom stereocenters. The summed E-state index contributed by atoms with van der Waals surface area (Å²) in [4.78, 5) is 14.0. The molecular weight excluding hydrogens is 515 g/mol. The minimum absolute atomic E-state index is 0.0162. The zero-order valence-corrected chi connectivity index (χ0v) is 22.5. The molecule has 1 fully saturated rings. The van der Waals surface area contributed by atoms with Gasteiger partial charge in [-0.25, -0.2) is 4.79 Å². The zero-order chi connectivity index (χ0) is 24.7. The van der Waals surface area contributed by atoms with Gasteiger partial charge in [0.2, 0.25) is 0 Å². The Kier molecular flexibility index (Phi) is 11.0. The van der Waals surface area contributed by atoms with E-state index in [-0.39, 0.29) is 42.3 Å². The van der Waals surface area contributed by atoms with Crippen LogP contribution in [0.4, 0.5) is 0 Å². The predicted octanol–water partition coefficient (Wildman–Crippen LogP) is 6.79. The molecule has 1 aliphatic rings. The summed E-state index contributed by atoms with van der Waals surface area (Å²) in [5.41, 5.74) is 1.07. The van der Waals surface area contributed by atoms with Gasteiger partial charge in [0.1, 0.15) is 4.88 Å². The van der Waals surface area contributed by atoms with Gasteiger partial charge in [0.15, 0.2) is 0 Å². The van der Waals surface area contributed by atoms with Gasteiger partial charge in [-0.05, 0) is 92.7 Å². The van der Waals surface area contributed by atoms with Crippen LogP contribution in [-0.2, 0) is 17.6 Å². The highest BCUT2D eigenvalue weighted by Crippen LogP contribution is 2.42. The van der Waals surface area contributed by atoms with Crippen molar-refractivity contribution < 1.29 is 19.7 Å².